The first-order chi connectivity index (χ1) is 12.7. The first-order valence-electron chi connectivity index (χ1n) is 8.00. The number of rotatable bonds is 6. The molecule has 2 heterocycles. The molecule has 0 aliphatic heterocycles. The molecule has 0 radical (unpaired) electrons. The minimum Gasteiger partial charge on any atom is -0.355 e. The maximum atomic E-state index is 12.0. The highest BCUT2D eigenvalue weighted by molar-refractivity contribution is 5.95. The highest BCUT2D eigenvalue weighted by Crippen LogP contribution is 2.15. The number of amides is 2. The zero-order chi connectivity index (χ0) is 18.4. The molecule has 0 aliphatic rings. The van der Waals surface area contributed by atoms with E-state index in [2.05, 4.69) is 25.8 Å². The van der Waals surface area contributed by atoms with Gasteiger partial charge in [-0.1, -0.05) is 5.16 Å². The van der Waals surface area contributed by atoms with Crippen molar-refractivity contribution in [1.82, 2.24) is 20.4 Å². The number of hydrogen-bond acceptors (Lipinski definition) is 6. The van der Waals surface area contributed by atoms with E-state index < -0.39 is 0 Å². The molecule has 0 unspecified atom stereocenters. The summed E-state index contributed by atoms with van der Waals surface area (Å²) >= 11 is 0. The van der Waals surface area contributed by atoms with Crippen LogP contribution in [0.15, 0.2) is 53.3 Å². The second kappa shape index (κ2) is 8.02. The Bertz CT molecular complexity index is 891. The van der Waals surface area contributed by atoms with E-state index in [1.165, 1.54) is 0 Å². The summed E-state index contributed by atoms with van der Waals surface area (Å²) in [6.07, 6.45) is 3.83. The number of aromatic nitrogens is 3. The summed E-state index contributed by atoms with van der Waals surface area (Å²) < 4.78 is 5.17. The van der Waals surface area contributed by atoms with Crippen LogP contribution >= 0.6 is 0 Å². The Morgan fingerprint density at radius 3 is 2.50 bits per heavy atom. The van der Waals surface area contributed by atoms with Crippen LogP contribution in [0.1, 0.15) is 22.7 Å². The predicted octanol–water partition coefficient (Wildman–Crippen LogP) is 2.06. The van der Waals surface area contributed by atoms with Crippen molar-refractivity contribution in [3.63, 3.8) is 0 Å². The summed E-state index contributed by atoms with van der Waals surface area (Å²) in [5.41, 5.74) is 1.95. The van der Waals surface area contributed by atoms with Crippen molar-refractivity contribution in [3.8, 4) is 11.4 Å². The molecule has 3 aromatic rings. The van der Waals surface area contributed by atoms with Gasteiger partial charge in [0.2, 0.25) is 17.6 Å². The van der Waals surface area contributed by atoms with E-state index in [0.29, 0.717) is 29.4 Å². The van der Waals surface area contributed by atoms with Gasteiger partial charge < -0.3 is 15.2 Å². The number of nitrogens with one attached hydrogen (secondary N) is 2. The van der Waals surface area contributed by atoms with Crippen molar-refractivity contribution in [2.45, 2.75) is 12.8 Å². The van der Waals surface area contributed by atoms with Gasteiger partial charge in [0, 0.05) is 49.1 Å². The van der Waals surface area contributed by atoms with E-state index in [0.717, 1.165) is 5.56 Å². The average molecular weight is 351 g/mol. The number of pyridine rings is 1. The molecule has 0 fully saturated rings. The van der Waals surface area contributed by atoms with Crippen LogP contribution in [0.4, 0.5) is 5.69 Å². The average Bonchev–Trinajstić information content (AvgIpc) is 3.16. The van der Waals surface area contributed by atoms with Gasteiger partial charge in [-0.15, -0.1) is 0 Å². The van der Waals surface area contributed by atoms with Crippen LogP contribution in [0.5, 0.6) is 0 Å². The SMILES string of the molecule is CNC(=O)c1ccc(NC(=O)CCc2nc(-c3ccncc3)no2)cc1. The second-order valence-electron chi connectivity index (χ2n) is 5.45. The molecule has 8 nitrogen and oxygen atoms in total. The van der Waals surface area contributed by atoms with Gasteiger partial charge in [0.1, 0.15) is 0 Å². The Hall–Kier alpha value is -3.55. The van der Waals surface area contributed by atoms with Gasteiger partial charge in [-0.3, -0.25) is 14.6 Å². The number of aryl methyl sites for hydroxylation is 1. The van der Waals surface area contributed by atoms with E-state index >= 15 is 0 Å². The monoisotopic (exact) mass is 351 g/mol. The summed E-state index contributed by atoms with van der Waals surface area (Å²) in [5.74, 6) is 0.500. The Morgan fingerprint density at radius 1 is 1.08 bits per heavy atom. The van der Waals surface area contributed by atoms with Gasteiger partial charge >= 0.3 is 0 Å². The zero-order valence-corrected chi connectivity index (χ0v) is 14.1. The lowest BCUT2D eigenvalue weighted by Crippen LogP contribution is -2.18. The molecule has 8 heteroatoms. The van der Waals surface area contributed by atoms with E-state index in [-0.39, 0.29) is 18.2 Å². The molecule has 0 spiro atoms. The maximum Gasteiger partial charge on any atom is 0.251 e. The summed E-state index contributed by atoms with van der Waals surface area (Å²) in [5, 5.41) is 9.21. The Kier molecular flexibility index (Phi) is 5.33. The van der Waals surface area contributed by atoms with Gasteiger partial charge in [0.05, 0.1) is 0 Å². The third-order valence-electron chi connectivity index (χ3n) is 3.63. The van der Waals surface area contributed by atoms with Gasteiger partial charge in [-0.25, -0.2) is 0 Å². The van der Waals surface area contributed by atoms with Crippen LogP contribution in [0, 0.1) is 0 Å². The highest BCUT2D eigenvalue weighted by atomic mass is 16.5. The first kappa shape index (κ1) is 17.3. The maximum absolute atomic E-state index is 12.0. The third kappa shape index (κ3) is 4.29. The number of carbonyl (C=O) groups is 2. The van der Waals surface area contributed by atoms with Crippen LogP contribution in [0.25, 0.3) is 11.4 Å². The number of benzene rings is 1. The van der Waals surface area contributed by atoms with Crippen molar-refractivity contribution < 1.29 is 14.1 Å². The molecule has 0 aliphatic carbocycles. The van der Waals surface area contributed by atoms with Crippen molar-refractivity contribution >= 4 is 17.5 Å². The molecule has 0 bridgehead atoms. The van der Waals surface area contributed by atoms with Crippen molar-refractivity contribution in [1.29, 1.82) is 0 Å². The van der Waals surface area contributed by atoms with Crippen molar-refractivity contribution in [2.24, 2.45) is 0 Å². The summed E-state index contributed by atoms with van der Waals surface area (Å²) in [6.45, 7) is 0. The Balaban J connectivity index is 1.53. The number of anilines is 1. The van der Waals surface area contributed by atoms with E-state index in [1.807, 2.05) is 0 Å². The molecule has 0 saturated carbocycles. The molecule has 0 atom stereocenters. The summed E-state index contributed by atoms with van der Waals surface area (Å²) in [7, 11) is 1.57. The van der Waals surface area contributed by atoms with E-state index in [1.54, 1.807) is 55.8 Å². The zero-order valence-electron chi connectivity index (χ0n) is 14.1. The molecule has 132 valence electrons. The third-order valence-corrected chi connectivity index (χ3v) is 3.63. The number of nitrogens with zero attached hydrogens (tertiary/aromatic N) is 3. The minimum absolute atomic E-state index is 0.177. The molecule has 1 aromatic carbocycles. The van der Waals surface area contributed by atoms with Crippen LogP contribution in [-0.2, 0) is 11.2 Å². The fourth-order valence-electron chi connectivity index (χ4n) is 2.27. The lowest BCUT2D eigenvalue weighted by atomic mass is 10.2. The summed E-state index contributed by atoms with van der Waals surface area (Å²) in [4.78, 5) is 31.7. The van der Waals surface area contributed by atoms with E-state index in [9.17, 15) is 9.59 Å². The molecular weight excluding hydrogens is 334 g/mol. The smallest absolute Gasteiger partial charge is 0.251 e. The van der Waals surface area contributed by atoms with Crippen LogP contribution in [0.2, 0.25) is 0 Å². The van der Waals surface area contributed by atoms with Gasteiger partial charge in [-0.05, 0) is 36.4 Å². The standard InChI is InChI=1S/C18H17N5O3/c1-19-18(25)13-2-4-14(5-3-13)21-15(24)6-7-16-22-17(23-26-16)12-8-10-20-11-9-12/h2-5,8-11H,6-7H2,1H3,(H,19,25)(H,21,24). The van der Waals surface area contributed by atoms with Gasteiger partial charge in [0.15, 0.2) is 0 Å². The number of carbonyl (C=O) groups excluding carboxylic acids is 2. The second-order valence-corrected chi connectivity index (χ2v) is 5.45. The normalized spacial score (nSPS) is 10.3. The Labute approximate surface area is 149 Å². The molecule has 2 N–H and O–H groups in total. The summed E-state index contributed by atoms with van der Waals surface area (Å²) in [6, 6.07) is 10.2. The highest BCUT2D eigenvalue weighted by Gasteiger charge is 2.11. The predicted molar refractivity (Wildman–Crippen MR) is 94.3 cm³/mol. The number of hydrogen-bond donors (Lipinski definition) is 2. The molecule has 26 heavy (non-hydrogen) atoms. The first-order valence-corrected chi connectivity index (χ1v) is 8.00. The molecule has 3 rings (SSSR count). The molecule has 0 saturated heterocycles. The fraction of sp³-hybridized carbons (Fsp3) is 0.167. The van der Waals surface area contributed by atoms with Gasteiger partial charge in [0.25, 0.3) is 5.91 Å². The van der Waals surface area contributed by atoms with Gasteiger partial charge in [-0.2, -0.15) is 4.98 Å². The lowest BCUT2D eigenvalue weighted by Gasteiger charge is -2.05. The Morgan fingerprint density at radius 2 is 1.81 bits per heavy atom. The van der Waals surface area contributed by atoms with Crippen molar-refractivity contribution in [2.75, 3.05) is 12.4 Å². The quantitative estimate of drug-likeness (QED) is 0.703. The molecule has 2 aromatic heterocycles. The minimum atomic E-state index is -0.179. The van der Waals surface area contributed by atoms with Crippen LogP contribution in [-0.4, -0.2) is 34.0 Å². The molecule has 2 amide bonds. The van der Waals surface area contributed by atoms with Crippen LogP contribution in [0.3, 0.4) is 0 Å². The fourth-order valence-corrected chi connectivity index (χ4v) is 2.27. The lowest BCUT2D eigenvalue weighted by molar-refractivity contribution is -0.116. The van der Waals surface area contributed by atoms with Crippen LogP contribution < -0.4 is 10.6 Å². The molecular formula is C18H17N5O3. The van der Waals surface area contributed by atoms with E-state index in [4.69, 9.17) is 4.52 Å². The topological polar surface area (TPSA) is 110 Å². The van der Waals surface area contributed by atoms with Crippen molar-refractivity contribution in [3.05, 3.63) is 60.2 Å². The largest absolute Gasteiger partial charge is 0.355 e.